The predicted molar refractivity (Wildman–Crippen MR) is 90.9 cm³/mol. The summed E-state index contributed by atoms with van der Waals surface area (Å²) in [4.78, 5) is 2.54. The van der Waals surface area contributed by atoms with Crippen LogP contribution < -0.4 is 16.0 Å². The Morgan fingerprint density at radius 1 is 0.864 bits per heavy atom. The van der Waals surface area contributed by atoms with Gasteiger partial charge in [-0.1, -0.05) is 36.4 Å². The van der Waals surface area contributed by atoms with Crippen molar-refractivity contribution in [2.75, 3.05) is 39.3 Å². The minimum absolute atomic E-state index is 0.406. The maximum atomic E-state index is 3.72. The van der Waals surface area contributed by atoms with E-state index in [1.165, 1.54) is 16.3 Å². The van der Waals surface area contributed by atoms with Crippen LogP contribution in [0.2, 0.25) is 0 Å². The molecular weight excluding hydrogens is 272 g/mol. The minimum atomic E-state index is 0.406. The van der Waals surface area contributed by atoms with E-state index in [1.54, 1.807) is 0 Å². The third-order valence-electron chi connectivity index (χ3n) is 4.88. The summed E-state index contributed by atoms with van der Waals surface area (Å²) in [5, 5.41) is 13.5. The highest BCUT2D eigenvalue weighted by Crippen LogP contribution is 2.21. The second-order valence-corrected chi connectivity index (χ2v) is 6.28. The van der Waals surface area contributed by atoms with Gasteiger partial charge in [-0.3, -0.25) is 10.2 Å². The van der Waals surface area contributed by atoms with E-state index in [0.29, 0.717) is 12.2 Å². The summed E-state index contributed by atoms with van der Waals surface area (Å²) < 4.78 is 0. The molecule has 0 spiro atoms. The molecule has 2 atom stereocenters. The SMILES string of the molecule is c1ccc2cc(C3CNC(N4CCNCC4)CN3)ccc2c1. The Morgan fingerprint density at radius 3 is 2.45 bits per heavy atom. The summed E-state index contributed by atoms with van der Waals surface area (Å²) >= 11 is 0. The van der Waals surface area contributed by atoms with Crippen molar-refractivity contribution in [3.05, 3.63) is 48.0 Å². The third-order valence-corrected chi connectivity index (χ3v) is 4.88. The predicted octanol–water partition coefficient (Wildman–Crippen LogP) is 1.30. The van der Waals surface area contributed by atoms with Crippen LogP contribution in [-0.4, -0.2) is 50.3 Å². The molecule has 0 saturated carbocycles. The summed E-state index contributed by atoms with van der Waals surface area (Å²) in [6.07, 6.45) is 0.471. The summed E-state index contributed by atoms with van der Waals surface area (Å²) in [5.41, 5.74) is 1.38. The monoisotopic (exact) mass is 296 g/mol. The molecule has 4 heteroatoms. The van der Waals surface area contributed by atoms with Crippen molar-refractivity contribution in [1.29, 1.82) is 0 Å². The molecule has 2 unspecified atom stereocenters. The van der Waals surface area contributed by atoms with E-state index in [4.69, 9.17) is 0 Å². The van der Waals surface area contributed by atoms with Crippen LogP contribution in [-0.2, 0) is 0 Å². The third kappa shape index (κ3) is 2.88. The van der Waals surface area contributed by atoms with E-state index in [2.05, 4.69) is 63.3 Å². The minimum Gasteiger partial charge on any atom is -0.314 e. The summed E-state index contributed by atoms with van der Waals surface area (Å²) in [6, 6.07) is 15.8. The quantitative estimate of drug-likeness (QED) is 0.781. The average molecular weight is 296 g/mol. The van der Waals surface area contributed by atoms with Crippen LogP contribution >= 0.6 is 0 Å². The van der Waals surface area contributed by atoms with Crippen molar-refractivity contribution in [3.8, 4) is 0 Å². The van der Waals surface area contributed by atoms with Gasteiger partial charge >= 0.3 is 0 Å². The van der Waals surface area contributed by atoms with Gasteiger partial charge in [-0.2, -0.15) is 0 Å². The van der Waals surface area contributed by atoms with E-state index in [0.717, 1.165) is 39.3 Å². The normalized spacial score (nSPS) is 27.1. The molecule has 22 heavy (non-hydrogen) atoms. The lowest BCUT2D eigenvalue weighted by molar-refractivity contribution is 0.119. The maximum Gasteiger partial charge on any atom is 0.0727 e. The Balaban J connectivity index is 1.43. The van der Waals surface area contributed by atoms with Gasteiger partial charge in [-0.05, 0) is 22.4 Å². The summed E-state index contributed by atoms with van der Waals surface area (Å²) in [7, 11) is 0. The molecule has 2 aliphatic heterocycles. The van der Waals surface area contributed by atoms with Gasteiger partial charge in [0.1, 0.15) is 0 Å². The lowest BCUT2D eigenvalue weighted by Crippen LogP contribution is -2.61. The topological polar surface area (TPSA) is 39.3 Å². The van der Waals surface area contributed by atoms with Crippen molar-refractivity contribution in [1.82, 2.24) is 20.9 Å². The standard InChI is InChI=1S/C18H24N4/c1-2-4-15-11-16(6-5-14(15)3-1)17-12-21-18(13-20-17)22-9-7-19-8-10-22/h1-6,11,17-21H,7-10,12-13H2. The zero-order chi connectivity index (χ0) is 14.8. The van der Waals surface area contributed by atoms with Crippen molar-refractivity contribution >= 4 is 10.8 Å². The van der Waals surface area contributed by atoms with Crippen LogP contribution in [0.3, 0.4) is 0 Å². The zero-order valence-corrected chi connectivity index (χ0v) is 12.9. The number of nitrogens with zero attached hydrogens (tertiary/aromatic N) is 1. The van der Waals surface area contributed by atoms with Crippen LogP contribution in [0, 0.1) is 0 Å². The molecule has 0 radical (unpaired) electrons. The first-order valence-corrected chi connectivity index (χ1v) is 8.30. The van der Waals surface area contributed by atoms with Crippen molar-refractivity contribution in [3.63, 3.8) is 0 Å². The Kier molecular flexibility index (Phi) is 4.08. The van der Waals surface area contributed by atoms with Gasteiger partial charge in [0, 0.05) is 45.3 Å². The number of fused-ring (bicyclic) bond motifs is 1. The Bertz CT molecular complexity index is 628. The molecule has 2 aromatic rings. The van der Waals surface area contributed by atoms with Crippen molar-refractivity contribution < 1.29 is 0 Å². The zero-order valence-electron chi connectivity index (χ0n) is 12.9. The molecule has 2 heterocycles. The molecule has 4 rings (SSSR count). The number of benzene rings is 2. The van der Waals surface area contributed by atoms with Gasteiger partial charge in [0.25, 0.3) is 0 Å². The number of rotatable bonds is 2. The molecule has 116 valence electrons. The maximum absolute atomic E-state index is 3.72. The molecule has 2 aromatic carbocycles. The van der Waals surface area contributed by atoms with E-state index < -0.39 is 0 Å². The second kappa shape index (κ2) is 6.34. The Morgan fingerprint density at radius 2 is 1.68 bits per heavy atom. The van der Waals surface area contributed by atoms with Gasteiger partial charge in [-0.15, -0.1) is 0 Å². The van der Waals surface area contributed by atoms with Crippen molar-refractivity contribution in [2.45, 2.75) is 12.2 Å². The highest BCUT2D eigenvalue weighted by molar-refractivity contribution is 5.83. The fourth-order valence-electron chi connectivity index (χ4n) is 3.56. The molecule has 2 aliphatic rings. The van der Waals surface area contributed by atoms with E-state index in [-0.39, 0.29) is 0 Å². The number of hydrogen-bond donors (Lipinski definition) is 3. The fourth-order valence-corrected chi connectivity index (χ4v) is 3.56. The fraction of sp³-hybridized carbons (Fsp3) is 0.444. The average Bonchev–Trinajstić information content (AvgIpc) is 2.62. The lowest BCUT2D eigenvalue weighted by Gasteiger charge is -2.40. The largest absolute Gasteiger partial charge is 0.314 e. The molecule has 3 N–H and O–H groups in total. The van der Waals surface area contributed by atoms with Crippen LogP contribution in [0.1, 0.15) is 11.6 Å². The van der Waals surface area contributed by atoms with Crippen LogP contribution in [0.5, 0.6) is 0 Å². The van der Waals surface area contributed by atoms with Crippen LogP contribution in [0.4, 0.5) is 0 Å². The lowest BCUT2D eigenvalue weighted by atomic mass is 10.0. The summed E-state index contributed by atoms with van der Waals surface area (Å²) in [5.74, 6) is 0. The number of hydrogen-bond acceptors (Lipinski definition) is 4. The van der Waals surface area contributed by atoms with Crippen molar-refractivity contribution in [2.24, 2.45) is 0 Å². The first-order valence-electron chi connectivity index (χ1n) is 8.30. The molecule has 0 amide bonds. The number of piperazine rings is 2. The first kappa shape index (κ1) is 14.2. The Labute approximate surface area is 131 Å². The number of nitrogens with one attached hydrogen (secondary N) is 3. The van der Waals surface area contributed by atoms with Gasteiger partial charge in [0.15, 0.2) is 0 Å². The van der Waals surface area contributed by atoms with E-state index in [9.17, 15) is 0 Å². The Hall–Kier alpha value is -1.46. The molecule has 0 aromatic heterocycles. The first-order chi connectivity index (χ1) is 10.9. The van der Waals surface area contributed by atoms with Gasteiger partial charge in [0.05, 0.1) is 6.17 Å². The summed E-state index contributed by atoms with van der Waals surface area (Å²) in [6.45, 7) is 6.49. The molecule has 0 bridgehead atoms. The smallest absolute Gasteiger partial charge is 0.0727 e. The molecule has 4 nitrogen and oxygen atoms in total. The van der Waals surface area contributed by atoms with Crippen LogP contribution in [0.25, 0.3) is 10.8 Å². The molecular formula is C18H24N4. The molecule has 2 fully saturated rings. The molecule has 2 saturated heterocycles. The second-order valence-electron chi connectivity index (χ2n) is 6.28. The van der Waals surface area contributed by atoms with Gasteiger partial charge < -0.3 is 10.6 Å². The van der Waals surface area contributed by atoms with E-state index >= 15 is 0 Å². The highest BCUT2D eigenvalue weighted by Gasteiger charge is 2.26. The molecule has 0 aliphatic carbocycles. The highest BCUT2D eigenvalue weighted by atomic mass is 15.3. The van der Waals surface area contributed by atoms with Crippen LogP contribution in [0.15, 0.2) is 42.5 Å². The van der Waals surface area contributed by atoms with Gasteiger partial charge in [-0.25, -0.2) is 0 Å². The van der Waals surface area contributed by atoms with E-state index in [1.807, 2.05) is 0 Å². The van der Waals surface area contributed by atoms with Gasteiger partial charge in [0.2, 0.25) is 0 Å².